The number of nitro groups is 1. The van der Waals surface area contributed by atoms with E-state index >= 15 is 0 Å². The lowest BCUT2D eigenvalue weighted by Crippen LogP contribution is -2.20. The summed E-state index contributed by atoms with van der Waals surface area (Å²) < 4.78 is 11.9. The van der Waals surface area contributed by atoms with E-state index in [4.69, 9.17) is 9.47 Å². The van der Waals surface area contributed by atoms with Crippen LogP contribution in [0.3, 0.4) is 0 Å². The van der Waals surface area contributed by atoms with E-state index in [1.807, 2.05) is 18.2 Å². The molecule has 0 aliphatic carbocycles. The van der Waals surface area contributed by atoms with Gasteiger partial charge in [-0.05, 0) is 30.7 Å². The van der Waals surface area contributed by atoms with Gasteiger partial charge in [0.25, 0.3) is 5.91 Å². The van der Waals surface area contributed by atoms with Gasteiger partial charge in [0.05, 0.1) is 21.7 Å². The van der Waals surface area contributed by atoms with Crippen molar-refractivity contribution in [2.24, 2.45) is 0 Å². The molecule has 0 aliphatic rings. The van der Waals surface area contributed by atoms with E-state index in [-0.39, 0.29) is 18.0 Å². The maximum atomic E-state index is 12.1. The number of para-hydroxylation sites is 2. The summed E-state index contributed by atoms with van der Waals surface area (Å²) in [5.41, 5.74) is 0.564. The highest BCUT2D eigenvalue weighted by Gasteiger charge is 2.15. The van der Waals surface area contributed by atoms with Crippen LogP contribution in [0.15, 0.2) is 42.5 Å². The molecular formula is C19H19N3O5S. The van der Waals surface area contributed by atoms with Crippen molar-refractivity contribution in [1.29, 1.82) is 0 Å². The first-order valence-electron chi connectivity index (χ1n) is 8.76. The number of ether oxygens (including phenoxy) is 2. The molecule has 146 valence electrons. The summed E-state index contributed by atoms with van der Waals surface area (Å²) >= 11 is 1.32. The lowest BCUT2D eigenvalue weighted by Gasteiger charge is -2.05. The van der Waals surface area contributed by atoms with Crippen molar-refractivity contribution in [3.63, 3.8) is 0 Å². The van der Waals surface area contributed by atoms with Crippen molar-refractivity contribution in [2.45, 2.75) is 19.8 Å². The predicted molar refractivity (Wildman–Crippen MR) is 107 cm³/mol. The molecule has 0 saturated carbocycles. The van der Waals surface area contributed by atoms with Gasteiger partial charge in [-0.2, -0.15) is 0 Å². The van der Waals surface area contributed by atoms with Gasteiger partial charge in [-0.1, -0.05) is 36.8 Å². The number of amides is 1. The Labute approximate surface area is 165 Å². The molecule has 9 heteroatoms. The quantitative estimate of drug-likeness (QED) is 0.324. The molecule has 1 amide bonds. The number of nitrogens with one attached hydrogen (secondary N) is 1. The van der Waals surface area contributed by atoms with Crippen molar-refractivity contribution in [3.05, 3.63) is 52.6 Å². The third kappa shape index (κ3) is 4.95. The Balaban J connectivity index is 1.61. The zero-order valence-corrected chi connectivity index (χ0v) is 16.0. The Morgan fingerprint density at radius 3 is 2.86 bits per heavy atom. The second kappa shape index (κ2) is 9.14. The van der Waals surface area contributed by atoms with Crippen LogP contribution < -0.4 is 14.8 Å². The molecule has 1 aromatic heterocycles. The molecule has 0 saturated heterocycles. The van der Waals surface area contributed by atoms with Gasteiger partial charge in [0, 0.05) is 6.07 Å². The average molecular weight is 401 g/mol. The molecule has 28 heavy (non-hydrogen) atoms. The van der Waals surface area contributed by atoms with Crippen LogP contribution in [0.1, 0.15) is 19.8 Å². The van der Waals surface area contributed by atoms with Gasteiger partial charge in [-0.25, -0.2) is 4.98 Å². The van der Waals surface area contributed by atoms with Gasteiger partial charge in [0.2, 0.25) is 0 Å². The molecule has 0 fully saturated rings. The first kappa shape index (κ1) is 19.6. The minimum absolute atomic E-state index is 0.0424. The van der Waals surface area contributed by atoms with Gasteiger partial charge < -0.3 is 9.47 Å². The van der Waals surface area contributed by atoms with Crippen LogP contribution in [0.4, 0.5) is 10.8 Å². The van der Waals surface area contributed by atoms with Crippen LogP contribution in [0, 0.1) is 10.1 Å². The number of aromatic nitrogens is 1. The van der Waals surface area contributed by atoms with E-state index in [2.05, 4.69) is 17.2 Å². The maximum Gasteiger partial charge on any atom is 0.310 e. The van der Waals surface area contributed by atoms with Crippen LogP contribution in [-0.4, -0.2) is 29.0 Å². The number of fused-ring (bicyclic) bond motifs is 1. The van der Waals surface area contributed by atoms with E-state index in [0.717, 1.165) is 28.8 Å². The normalized spacial score (nSPS) is 10.6. The zero-order valence-electron chi connectivity index (χ0n) is 15.2. The van der Waals surface area contributed by atoms with Gasteiger partial charge in [0.1, 0.15) is 5.75 Å². The number of unbranched alkanes of at least 4 members (excludes halogenated alkanes) is 1. The molecule has 1 N–H and O–H groups in total. The number of hydrogen-bond donors (Lipinski definition) is 1. The standard InChI is InChI=1S/C19H19N3O5S/c1-2-3-10-26-13-8-9-14-17(11-13)28-19(20-14)21-18(23)12-27-16-7-5-4-6-15(16)22(24)25/h4-9,11H,2-3,10,12H2,1H3,(H,20,21,23). The maximum absolute atomic E-state index is 12.1. The number of nitro benzene ring substituents is 1. The number of anilines is 1. The molecule has 0 aliphatic heterocycles. The Morgan fingerprint density at radius 2 is 2.07 bits per heavy atom. The first-order chi connectivity index (χ1) is 13.6. The summed E-state index contributed by atoms with van der Waals surface area (Å²) in [4.78, 5) is 26.9. The second-order valence-electron chi connectivity index (χ2n) is 5.91. The summed E-state index contributed by atoms with van der Waals surface area (Å²) in [6.45, 7) is 2.41. The van der Waals surface area contributed by atoms with Crippen molar-refractivity contribution in [3.8, 4) is 11.5 Å². The summed E-state index contributed by atoms with van der Waals surface area (Å²) in [5.74, 6) is 0.361. The molecule has 0 unspecified atom stereocenters. The van der Waals surface area contributed by atoms with Crippen LogP contribution in [0.2, 0.25) is 0 Å². The van der Waals surface area contributed by atoms with E-state index < -0.39 is 10.8 Å². The lowest BCUT2D eigenvalue weighted by molar-refractivity contribution is -0.385. The van der Waals surface area contributed by atoms with Crippen molar-refractivity contribution in [1.82, 2.24) is 4.98 Å². The number of carbonyl (C=O) groups is 1. The number of nitrogens with zero attached hydrogens (tertiary/aromatic N) is 2. The molecule has 3 rings (SSSR count). The third-order valence-electron chi connectivity index (χ3n) is 3.79. The third-order valence-corrected chi connectivity index (χ3v) is 4.73. The fourth-order valence-corrected chi connectivity index (χ4v) is 3.32. The summed E-state index contributed by atoms with van der Waals surface area (Å²) in [5, 5.41) is 14.1. The van der Waals surface area contributed by atoms with Crippen molar-refractivity contribution < 1.29 is 19.2 Å². The predicted octanol–water partition coefficient (Wildman–Crippen LogP) is 4.40. The van der Waals surface area contributed by atoms with Crippen LogP contribution in [0.25, 0.3) is 10.2 Å². The molecule has 8 nitrogen and oxygen atoms in total. The summed E-state index contributed by atoms with van der Waals surface area (Å²) in [7, 11) is 0. The fourth-order valence-electron chi connectivity index (χ4n) is 2.41. The average Bonchev–Trinajstić information content (AvgIpc) is 3.08. The number of benzene rings is 2. The van der Waals surface area contributed by atoms with Crippen LogP contribution >= 0.6 is 11.3 Å². The summed E-state index contributed by atoms with van der Waals surface area (Å²) in [6.07, 6.45) is 2.05. The molecule has 1 heterocycles. The van der Waals surface area contributed by atoms with Gasteiger partial charge in [-0.3, -0.25) is 20.2 Å². The second-order valence-corrected chi connectivity index (χ2v) is 6.94. The van der Waals surface area contributed by atoms with Crippen LogP contribution in [-0.2, 0) is 4.79 Å². The number of thiazole rings is 1. The Morgan fingerprint density at radius 1 is 1.25 bits per heavy atom. The molecular weight excluding hydrogens is 382 g/mol. The molecule has 0 atom stereocenters. The highest BCUT2D eigenvalue weighted by atomic mass is 32.1. The fraction of sp³-hybridized carbons (Fsp3) is 0.263. The summed E-state index contributed by atoms with van der Waals surface area (Å²) in [6, 6.07) is 11.5. The lowest BCUT2D eigenvalue weighted by atomic mass is 10.3. The number of carbonyl (C=O) groups excluding carboxylic acids is 1. The van der Waals surface area contributed by atoms with Gasteiger partial charge >= 0.3 is 5.69 Å². The highest BCUT2D eigenvalue weighted by Crippen LogP contribution is 2.30. The van der Waals surface area contributed by atoms with E-state index in [9.17, 15) is 14.9 Å². The van der Waals surface area contributed by atoms with Crippen molar-refractivity contribution in [2.75, 3.05) is 18.5 Å². The monoisotopic (exact) mass is 401 g/mol. The molecule has 0 spiro atoms. The van der Waals surface area contributed by atoms with E-state index in [0.29, 0.717) is 11.7 Å². The number of hydrogen-bond acceptors (Lipinski definition) is 7. The molecule has 3 aromatic rings. The molecule has 2 aromatic carbocycles. The minimum Gasteiger partial charge on any atom is -0.494 e. The molecule has 0 radical (unpaired) electrons. The smallest absolute Gasteiger partial charge is 0.310 e. The minimum atomic E-state index is -0.555. The largest absolute Gasteiger partial charge is 0.494 e. The highest BCUT2D eigenvalue weighted by molar-refractivity contribution is 7.22. The Bertz CT molecular complexity index is 989. The van der Waals surface area contributed by atoms with E-state index in [1.165, 1.54) is 29.5 Å². The van der Waals surface area contributed by atoms with Crippen molar-refractivity contribution >= 4 is 38.3 Å². The van der Waals surface area contributed by atoms with Crippen LogP contribution in [0.5, 0.6) is 11.5 Å². The SMILES string of the molecule is CCCCOc1ccc2nc(NC(=O)COc3ccccc3[N+](=O)[O-])sc2c1. The Hall–Kier alpha value is -3.20. The number of rotatable bonds is 9. The van der Waals surface area contributed by atoms with E-state index in [1.54, 1.807) is 6.07 Å². The van der Waals surface area contributed by atoms with Gasteiger partial charge in [0.15, 0.2) is 17.5 Å². The zero-order chi connectivity index (χ0) is 19.9. The molecule has 0 bridgehead atoms. The van der Waals surface area contributed by atoms with Gasteiger partial charge in [-0.15, -0.1) is 0 Å². The Kier molecular flexibility index (Phi) is 6.38. The first-order valence-corrected chi connectivity index (χ1v) is 9.58. The topological polar surface area (TPSA) is 104 Å².